The first-order valence-corrected chi connectivity index (χ1v) is 6.03. The summed E-state index contributed by atoms with van der Waals surface area (Å²) in [5.74, 6) is 0. The molecule has 0 aliphatic rings. The van der Waals surface area contributed by atoms with E-state index in [0.29, 0.717) is 19.5 Å². The number of rotatable bonds is 7. The lowest BCUT2D eigenvalue weighted by Crippen LogP contribution is -2.38. The van der Waals surface area contributed by atoms with Gasteiger partial charge >= 0.3 is 6.03 Å². The van der Waals surface area contributed by atoms with E-state index < -0.39 is 0 Å². The van der Waals surface area contributed by atoms with Crippen LogP contribution in [0.3, 0.4) is 0 Å². The van der Waals surface area contributed by atoms with E-state index in [9.17, 15) is 9.90 Å². The van der Waals surface area contributed by atoms with E-state index in [4.69, 9.17) is 0 Å². The lowest BCUT2D eigenvalue weighted by molar-refractivity contribution is 0.160. The van der Waals surface area contributed by atoms with Crippen LogP contribution in [0.1, 0.15) is 19.8 Å². The van der Waals surface area contributed by atoms with E-state index in [-0.39, 0.29) is 12.1 Å². The van der Waals surface area contributed by atoms with Crippen LogP contribution in [0.15, 0.2) is 24.5 Å². The summed E-state index contributed by atoms with van der Waals surface area (Å²) in [5.41, 5.74) is 0. The van der Waals surface area contributed by atoms with Crippen molar-refractivity contribution in [2.24, 2.45) is 0 Å². The molecule has 1 atom stereocenters. The number of aliphatic hydroxyl groups excluding tert-OH is 1. The molecule has 0 spiro atoms. The standard InChI is InChI=1S/C12H21N3O2/c1-2-11(16)5-6-13-12(17)14-7-10-15-8-3-4-9-15/h3-4,8-9,11,16H,2,5-7,10H2,1H3,(H2,13,14,17). The van der Waals surface area contributed by atoms with Crippen molar-refractivity contribution < 1.29 is 9.90 Å². The molecule has 5 nitrogen and oxygen atoms in total. The van der Waals surface area contributed by atoms with Gasteiger partial charge < -0.3 is 20.3 Å². The molecule has 3 N–H and O–H groups in total. The van der Waals surface area contributed by atoms with Crippen LogP contribution in [0, 0.1) is 0 Å². The Morgan fingerprint density at radius 1 is 1.29 bits per heavy atom. The van der Waals surface area contributed by atoms with Crippen LogP contribution in [0.2, 0.25) is 0 Å². The molecule has 1 aromatic heterocycles. The molecule has 0 aliphatic heterocycles. The Balaban J connectivity index is 2.01. The lowest BCUT2D eigenvalue weighted by Gasteiger charge is -2.10. The fourth-order valence-electron chi connectivity index (χ4n) is 1.44. The number of aliphatic hydroxyl groups is 1. The first-order chi connectivity index (χ1) is 8.22. The molecule has 0 saturated carbocycles. The highest BCUT2D eigenvalue weighted by Crippen LogP contribution is 1.94. The van der Waals surface area contributed by atoms with Crippen LogP contribution in [-0.4, -0.2) is 34.9 Å². The molecule has 0 bridgehead atoms. The molecule has 5 heteroatoms. The second-order valence-electron chi connectivity index (χ2n) is 3.95. The number of hydrogen-bond acceptors (Lipinski definition) is 2. The predicted molar refractivity (Wildman–Crippen MR) is 66.7 cm³/mol. The highest BCUT2D eigenvalue weighted by molar-refractivity contribution is 5.73. The summed E-state index contributed by atoms with van der Waals surface area (Å²) in [6.07, 6.45) is 4.91. The van der Waals surface area contributed by atoms with Gasteiger partial charge in [0.2, 0.25) is 0 Å². The Hall–Kier alpha value is -1.49. The van der Waals surface area contributed by atoms with Gasteiger partial charge in [0.05, 0.1) is 6.10 Å². The first-order valence-electron chi connectivity index (χ1n) is 6.03. The van der Waals surface area contributed by atoms with Gasteiger partial charge in [-0.25, -0.2) is 4.79 Å². The quantitative estimate of drug-likeness (QED) is 0.663. The van der Waals surface area contributed by atoms with Crippen molar-refractivity contribution in [3.63, 3.8) is 0 Å². The lowest BCUT2D eigenvalue weighted by atomic mass is 10.2. The molecule has 1 rings (SSSR count). The van der Waals surface area contributed by atoms with Crippen molar-refractivity contribution in [2.75, 3.05) is 13.1 Å². The van der Waals surface area contributed by atoms with Gasteiger partial charge in [0.25, 0.3) is 0 Å². The third-order valence-corrected chi connectivity index (χ3v) is 2.56. The zero-order valence-corrected chi connectivity index (χ0v) is 10.2. The molecule has 1 aromatic rings. The van der Waals surface area contributed by atoms with E-state index in [0.717, 1.165) is 13.0 Å². The van der Waals surface area contributed by atoms with Crippen molar-refractivity contribution in [1.29, 1.82) is 0 Å². The minimum atomic E-state index is -0.324. The van der Waals surface area contributed by atoms with Gasteiger partial charge in [0.15, 0.2) is 0 Å². The van der Waals surface area contributed by atoms with Crippen LogP contribution >= 0.6 is 0 Å². The summed E-state index contributed by atoms with van der Waals surface area (Å²) in [5, 5.41) is 14.8. The SMILES string of the molecule is CCC(O)CCNC(=O)NCCn1cccc1. The number of carbonyl (C=O) groups is 1. The molecule has 2 amide bonds. The second kappa shape index (κ2) is 7.73. The summed E-state index contributed by atoms with van der Waals surface area (Å²) < 4.78 is 2.00. The highest BCUT2D eigenvalue weighted by atomic mass is 16.3. The maximum absolute atomic E-state index is 11.3. The summed E-state index contributed by atoms with van der Waals surface area (Å²) in [4.78, 5) is 11.3. The predicted octanol–water partition coefficient (Wildman–Crippen LogP) is 0.948. The third-order valence-electron chi connectivity index (χ3n) is 2.56. The van der Waals surface area contributed by atoms with Gasteiger partial charge in [-0.15, -0.1) is 0 Å². The topological polar surface area (TPSA) is 66.3 Å². The largest absolute Gasteiger partial charge is 0.393 e. The van der Waals surface area contributed by atoms with Gasteiger partial charge in [-0.2, -0.15) is 0 Å². The number of urea groups is 1. The van der Waals surface area contributed by atoms with Crippen molar-refractivity contribution in [3.8, 4) is 0 Å². The minimum Gasteiger partial charge on any atom is -0.393 e. The molecule has 0 aliphatic carbocycles. The van der Waals surface area contributed by atoms with Crippen LogP contribution in [0.4, 0.5) is 4.79 Å². The van der Waals surface area contributed by atoms with Crippen molar-refractivity contribution in [3.05, 3.63) is 24.5 Å². The minimum absolute atomic E-state index is 0.180. The smallest absolute Gasteiger partial charge is 0.314 e. The molecule has 0 fully saturated rings. The normalized spacial score (nSPS) is 12.1. The van der Waals surface area contributed by atoms with Crippen LogP contribution in [0.5, 0.6) is 0 Å². The van der Waals surface area contributed by atoms with E-state index in [1.54, 1.807) is 0 Å². The van der Waals surface area contributed by atoms with Crippen LogP contribution < -0.4 is 10.6 Å². The van der Waals surface area contributed by atoms with Crippen molar-refractivity contribution in [1.82, 2.24) is 15.2 Å². The summed E-state index contributed by atoms with van der Waals surface area (Å²) >= 11 is 0. The Morgan fingerprint density at radius 3 is 2.59 bits per heavy atom. The third kappa shape index (κ3) is 5.97. The molecule has 17 heavy (non-hydrogen) atoms. The molecule has 0 radical (unpaired) electrons. The number of hydrogen-bond donors (Lipinski definition) is 3. The first kappa shape index (κ1) is 13.6. The van der Waals surface area contributed by atoms with Crippen LogP contribution in [-0.2, 0) is 6.54 Å². The number of aromatic nitrogens is 1. The average Bonchev–Trinajstić information content (AvgIpc) is 2.82. The monoisotopic (exact) mass is 239 g/mol. The number of carbonyl (C=O) groups excluding carboxylic acids is 1. The maximum Gasteiger partial charge on any atom is 0.314 e. The zero-order chi connectivity index (χ0) is 12.5. The Kier molecular flexibility index (Phi) is 6.17. The average molecular weight is 239 g/mol. The van der Waals surface area contributed by atoms with E-state index in [1.165, 1.54) is 0 Å². The molecule has 0 aromatic carbocycles. The van der Waals surface area contributed by atoms with E-state index >= 15 is 0 Å². The molecule has 96 valence electrons. The second-order valence-corrected chi connectivity index (χ2v) is 3.95. The summed E-state index contributed by atoms with van der Waals surface area (Å²) in [7, 11) is 0. The fraction of sp³-hybridized carbons (Fsp3) is 0.583. The Labute approximate surface area is 102 Å². The van der Waals surface area contributed by atoms with Gasteiger partial charge in [-0.1, -0.05) is 6.92 Å². The summed E-state index contributed by atoms with van der Waals surface area (Å²) in [6.45, 7) is 3.78. The van der Waals surface area contributed by atoms with Crippen molar-refractivity contribution in [2.45, 2.75) is 32.4 Å². The van der Waals surface area contributed by atoms with Gasteiger partial charge in [-0.3, -0.25) is 0 Å². The van der Waals surface area contributed by atoms with Gasteiger partial charge in [-0.05, 0) is 25.0 Å². The molecule has 1 unspecified atom stereocenters. The number of amides is 2. The van der Waals surface area contributed by atoms with Crippen molar-refractivity contribution >= 4 is 6.03 Å². The molecule has 0 saturated heterocycles. The Bertz CT molecular complexity index is 312. The highest BCUT2D eigenvalue weighted by Gasteiger charge is 2.02. The number of nitrogens with one attached hydrogen (secondary N) is 2. The molecular formula is C12H21N3O2. The van der Waals surface area contributed by atoms with Crippen LogP contribution in [0.25, 0.3) is 0 Å². The maximum atomic E-state index is 11.3. The fourth-order valence-corrected chi connectivity index (χ4v) is 1.44. The number of nitrogens with zero attached hydrogens (tertiary/aromatic N) is 1. The Morgan fingerprint density at radius 2 is 1.94 bits per heavy atom. The van der Waals surface area contributed by atoms with Gasteiger partial charge in [0, 0.05) is 32.0 Å². The van der Waals surface area contributed by atoms with Gasteiger partial charge in [0.1, 0.15) is 0 Å². The zero-order valence-electron chi connectivity index (χ0n) is 10.2. The summed E-state index contributed by atoms with van der Waals surface area (Å²) in [6, 6.07) is 3.72. The molecular weight excluding hydrogens is 218 g/mol. The molecule has 1 heterocycles. The van der Waals surface area contributed by atoms with E-state index in [2.05, 4.69) is 10.6 Å². The van der Waals surface area contributed by atoms with E-state index in [1.807, 2.05) is 36.0 Å².